The molecule has 2 aromatic heterocycles. The van der Waals surface area contributed by atoms with Crippen LogP contribution in [-0.2, 0) is 12.4 Å². The summed E-state index contributed by atoms with van der Waals surface area (Å²) in [7, 11) is 0. The van der Waals surface area contributed by atoms with Gasteiger partial charge >= 0.3 is 12.4 Å². The summed E-state index contributed by atoms with van der Waals surface area (Å²) in [6, 6.07) is 3.44. The van der Waals surface area contributed by atoms with Crippen LogP contribution in [-0.4, -0.2) is 17.8 Å². The lowest BCUT2D eigenvalue weighted by atomic mass is 10.0. The van der Waals surface area contributed by atoms with Crippen LogP contribution in [0.25, 0.3) is 0 Å². The molecule has 0 amide bonds. The van der Waals surface area contributed by atoms with Crippen molar-refractivity contribution in [2.24, 2.45) is 11.7 Å². The van der Waals surface area contributed by atoms with E-state index in [1.807, 2.05) is 20.8 Å². The van der Waals surface area contributed by atoms with Crippen LogP contribution in [0.4, 0.5) is 26.3 Å². The smallest absolute Gasteiger partial charge is 0.449 e. The highest BCUT2D eigenvalue weighted by atomic mass is 19.4. The lowest BCUT2D eigenvalue weighted by molar-refractivity contribution is -0.154. The zero-order valence-corrected chi connectivity index (χ0v) is 18.3. The van der Waals surface area contributed by atoms with Gasteiger partial charge < -0.3 is 25.0 Å². The Morgan fingerprint density at radius 1 is 0.875 bits per heavy atom. The fourth-order valence-corrected chi connectivity index (χ4v) is 2.71. The van der Waals surface area contributed by atoms with Crippen molar-refractivity contribution in [1.82, 2.24) is 5.32 Å². The number of rotatable bonds is 8. The molecule has 32 heavy (non-hydrogen) atoms. The molecule has 0 aromatic carbocycles. The Balaban J connectivity index is 0.000000343. The van der Waals surface area contributed by atoms with Crippen molar-refractivity contribution in [3.8, 4) is 0 Å². The first-order valence-corrected chi connectivity index (χ1v) is 10.2. The molecule has 0 bridgehead atoms. The Labute approximate surface area is 183 Å². The van der Waals surface area contributed by atoms with Crippen LogP contribution < -0.4 is 11.1 Å². The Morgan fingerprint density at radius 2 is 1.34 bits per heavy atom. The van der Waals surface area contributed by atoms with Crippen molar-refractivity contribution in [2.75, 3.05) is 6.61 Å². The summed E-state index contributed by atoms with van der Waals surface area (Å²) in [5.41, 5.74) is 5.49. The molecule has 0 unspecified atom stereocenters. The first-order chi connectivity index (χ1) is 14.7. The maximum absolute atomic E-state index is 12.5. The summed E-state index contributed by atoms with van der Waals surface area (Å²) in [6.45, 7) is 7.43. The molecule has 4 N–H and O–H groups in total. The van der Waals surface area contributed by atoms with E-state index in [1.165, 1.54) is 12.1 Å². The monoisotopic (exact) mass is 472 g/mol. The van der Waals surface area contributed by atoms with E-state index in [0.29, 0.717) is 12.8 Å². The van der Waals surface area contributed by atoms with E-state index in [1.54, 1.807) is 6.92 Å². The predicted molar refractivity (Wildman–Crippen MR) is 107 cm³/mol. The fourth-order valence-electron chi connectivity index (χ4n) is 2.71. The van der Waals surface area contributed by atoms with E-state index >= 15 is 0 Å². The number of hydrogen-bond donors (Lipinski definition) is 3. The van der Waals surface area contributed by atoms with Crippen molar-refractivity contribution in [2.45, 2.75) is 71.0 Å². The minimum atomic E-state index is -4.47. The summed E-state index contributed by atoms with van der Waals surface area (Å²) in [6.07, 6.45) is -7.77. The summed E-state index contributed by atoms with van der Waals surface area (Å²) >= 11 is 0. The molecule has 184 valence electrons. The number of aliphatic hydroxyl groups excluding tert-OH is 1. The summed E-state index contributed by atoms with van der Waals surface area (Å²) in [4.78, 5) is 0. The van der Waals surface area contributed by atoms with E-state index < -0.39 is 29.9 Å². The maximum Gasteiger partial charge on any atom is 0.449 e. The highest BCUT2D eigenvalue weighted by Gasteiger charge is 2.36. The average molecular weight is 472 g/mol. The Hall–Kier alpha value is -1.98. The average Bonchev–Trinajstić information content (AvgIpc) is 3.38. The zero-order valence-electron chi connectivity index (χ0n) is 18.3. The van der Waals surface area contributed by atoms with Gasteiger partial charge in [-0.2, -0.15) is 26.3 Å². The largest absolute Gasteiger partial charge is 0.455 e. The van der Waals surface area contributed by atoms with E-state index in [4.69, 9.17) is 10.2 Å². The normalized spacial score (nSPS) is 15.3. The highest BCUT2D eigenvalue weighted by Crippen LogP contribution is 2.33. The molecule has 0 saturated heterocycles. The molecule has 0 aliphatic heterocycles. The van der Waals surface area contributed by atoms with Gasteiger partial charge in [0.1, 0.15) is 11.5 Å². The van der Waals surface area contributed by atoms with Crippen molar-refractivity contribution in [3.63, 3.8) is 0 Å². The summed E-state index contributed by atoms with van der Waals surface area (Å²) in [5.74, 6) is -1.39. The second-order valence-corrected chi connectivity index (χ2v) is 7.57. The number of nitrogens with two attached hydrogens (primary N) is 1. The molecule has 0 radical (unpaired) electrons. The number of furan rings is 2. The minimum Gasteiger partial charge on any atom is -0.455 e. The molecule has 0 fully saturated rings. The van der Waals surface area contributed by atoms with Crippen LogP contribution in [0.5, 0.6) is 0 Å². The van der Waals surface area contributed by atoms with Gasteiger partial charge in [-0.15, -0.1) is 0 Å². The Kier molecular flexibility index (Phi) is 10.3. The van der Waals surface area contributed by atoms with Crippen LogP contribution in [0.1, 0.15) is 75.7 Å². The van der Waals surface area contributed by atoms with Crippen molar-refractivity contribution in [1.29, 1.82) is 0 Å². The number of alkyl halides is 6. The second kappa shape index (κ2) is 11.8. The van der Waals surface area contributed by atoms with Crippen molar-refractivity contribution in [3.05, 3.63) is 47.3 Å². The second-order valence-electron chi connectivity index (χ2n) is 7.57. The standard InChI is InChI=1S/C13H20F3NO2.C8H10F3NO/c1-4-9(17-10(7-18)8(2)3)11-5-6-12(19-11)13(14,15)16;1-2-5(12)6-3-4-7(13-6)8(9,10)11/h5-6,8-10,17-18H,4,7H2,1-3H3;3-5H,2,12H2,1H3/t9-,10+;5-/m11/s1. The van der Waals surface area contributed by atoms with Gasteiger partial charge in [-0.3, -0.25) is 0 Å². The third-order valence-electron chi connectivity index (χ3n) is 4.79. The van der Waals surface area contributed by atoms with E-state index in [0.717, 1.165) is 12.1 Å². The summed E-state index contributed by atoms with van der Waals surface area (Å²) in [5, 5.41) is 12.4. The number of nitrogens with one attached hydrogen (secondary N) is 1. The molecule has 11 heteroatoms. The molecular weight excluding hydrogens is 442 g/mol. The van der Waals surface area contributed by atoms with Gasteiger partial charge in [-0.05, 0) is 43.0 Å². The van der Waals surface area contributed by atoms with Gasteiger partial charge in [0, 0.05) is 6.04 Å². The Bertz CT molecular complexity index is 798. The molecule has 0 saturated carbocycles. The molecule has 5 nitrogen and oxygen atoms in total. The number of aliphatic hydroxyl groups is 1. The summed E-state index contributed by atoms with van der Waals surface area (Å²) < 4.78 is 82.9. The number of halogens is 6. The van der Waals surface area contributed by atoms with Gasteiger partial charge in [-0.25, -0.2) is 0 Å². The van der Waals surface area contributed by atoms with Crippen molar-refractivity contribution < 1.29 is 40.3 Å². The van der Waals surface area contributed by atoms with Crippen LogP contribution in [0, 0.1) is 5.92 Å². The number of hydrogen-bond acceptors (Lipinski definition) is 5. The molecule has 3 atom stereocenters. The Morgan fingerprint density at radius 3 is 1.69 bits per heavy atom. The lowest BCUT2D eigenvalue weighted by Crippen LogP contribution is -2.39. The molecule has 2 heterocycles. The molecular formula is C21H30F6N2O3. The van der Waals surface area contributed by atoms with Crippen molar-refractivity contribution >= 4 is 0 Å². The minimum absolute atomic E-state index is 0.0684. The molecule has 0 aliphatic carbocycles. The van der Waals surface area contributed by atoms with Gasteiger partial charge in [0.2, 0.25) is 11.5 Å². The van der Waals surface area contributed by atoms with Crippen LogP contribution in [0.2, 0.25) is 0 Å². The third-order valence-corrected chi connectivity index (χ3v) is 4.79. The SMILES string of the molecule is CC[C@@H](N)c1ccc(C(F)(F)F)o1.CC[C@@H](N[C@@H](CO)C(C)C)c1ccc(C(F)(F)F)o1. The van der Waals surface area contributed by atoms with Gasteiger partial charge in [0.25, 0.3) is 0 Å². The van der Waals surface area contributed by atoms with Crippen LogP contribution in [0.15, 0.2) is 33.1 Å². The zero-order chi connectivity index (χ0) is 24.7. The predicted octanol–water partition coefficient (Wildman–Crippen LogP) is 6.06. The fraction of sp³-hybridized carbons (Fsp3) is 0.619. The lowest BCUT2D eigenvalue weighted by Gasteiger charge is -2.25. The first kappa shape index (κ1) is 28.1. The van der Waals surface area contributed by atoms with Gasteiger partial charge in [0.05, 0.1) is 18.7 Å². The highest BCUT2D eigenvalue weighted by molar-refractivity contribution is 5.13. The van der Waals surface area contributed by atoms with Crippen LogP contribution in [0.3, 0.4) is 0 Å². The van der Waals surface area contributed by atoms with Gasteiger partial charge in [-0.1, -0.05) is 27.7 Å². The quantitative estimate of drug-likeness (QED) is 0.407. The first-order valence-electron chi connectivity index (χ1n) is 10.2. The topological polar surface area (TPSA) is 84.6 Å². The van der Waals surface area contributed by atoms with E-state index in [9.17, 15) is 31.4 Å². The van der Waals surface area contributed by atoms with Gasteiger partial charge in [0.15, 0.2) is 0 Å². The third kappa shape index (κ3) is 8.18. The van der Waals surface area contributed by atoms with Crippen LogP contribution >= 0.6 is 0 Å². The maximum atomic E-state index is 12.5. The molecule has 2 rings (SSSR count). The van der Waals surface area contributed by atoms with E-state index in [2.05, 4.69) is 9.73 Å². The molecule has 0 spiro atoms. The van der Waals surface area contributed by atoms with E-state index in [-0.39, 0.29) is 36.1 Å². The molecule has 2 aromatic rings. The molecule has 0 aliphatic rings.